The molecule has 2 aromatic carbocycles. The molecule has 0 bridgehead atoms. The van der Waals surface area contributed by atoms with Gasteiger partial charge in [0.15, 0.2) is 0 Å². The molecule has 4 nitrogen and oxygen atoms in total. The van der Waals surface area contributed by atoms with Gasteiger partial charge in [-0.3, -0.25) is 0 Å². The molecule has 0 unspecified atom stereocenters. The Morgan fingerprint density at radius 3 is 2.27 bits per heavy atom. The number of ether oxygens (including phenoxy) is 3. The molecular formula is C20H21IO4Se. The molecule has 2 rings (SSSR count). The fourth-order valence-electron chi connectivity index (χ4n) is 2.53. The zero-order valence-electron chi connectivity index (χ0n) is 15.4. The van der Waals surface area contributed by atoms with Crippen molar-refractivity contribution in [1.82, 2.24) is 0 Å². The van der Waals surface area contributed by atoms with Gasteiger partial charge in [-0.15, -0.1) is 0 Å². The Hall–Kier alpha value is -1.50. The van der Waals surface area contributed by atoms with E-state index in [1.54, 1.807) is 27.4 Å². The standard InChI is InChI=1S/C20H21IO4Se/c1-12(8-13-6-7-16(23-2)15(21)9-13)19(22)14-10-17(24-3)20(25-4)18(11-14)26-5/h6-11H,1-5H3/b12-8+. The van der Waals surface area contributed by atoms with Gasteiger partial charge < -0.3 is 0 Å². The SMILES string of the molecule is COc1ccc(/C=C(\C)C(=O)c2cc(OC)c(OC)c([Se]C)c2)cc1I. The van der Waals surface area contributed by atoms with Gasteiger partial charge in [-0.25, -0.2) is 0 Å². The zero-order chi connectivity index (χ0) is 19.3. The van der Waals surface area contributed by atoms with Crippen molar-refractivity contribution >= 4 is 53.9 Å². The Bertz CT molecular complexity index is 821. The molecule has 0 amide bonds. The van der Waals surface area contributed by atoms with Crippen LogP contribution in [0.25, 0.3) is 6.08 Å². The molecule has 6 heteroatoms. The number of hydrogen-bond donors (Lipinski definition) is 0. The molecule has 0 saturated carbocycles. The minimum absolute atomic E-state index is 0.0257. The van der Waals surface area contributed by atoms with Gasteiger partial charge in [0.1, 0.15) is 0 Å². The van der Waals surface area contributed by atoms with Crippen molar-refractivity contribution < 1.29 is 19.0 Å². The van der Waals surface area contributed by atoms with Gasteiger partial charge in [0.2, 0.25) is 0 Å². The van der Waals surface area contributed by atoms with Gasteiger partial charge in [-0.05, 0) is 0 Å². The number of ketones is 1. The minimum atomic E-state index is -0.0257. The summed E-state index contributed by atoms with van der Waals surface area (Å²) in [6, 6.07) is 9.47. The Kier molecular flexibility index (Phi) is 7.55. The maximum absolute atomic E-state index is 12.9. The summed E-state index contributed by atoms with van der Waals surface area (Å²) >= 11 is 2.40. The Morgan fingerprint density at radius 1 is 1.04 bits per heavy atom. The monoisotopic (exact) mass is 532 g/mol. The molecule has 138 valence electrons. The summed E-state index contributed by atoms with van der Waals surface area (Å²) < 4.78 is 18.1. The zero-order valence-corrected chi connectivity index (χ0v) is 19.3. The van der Waals surface area contributed by atoms with Crippen molar-refractivity contribution in [3.05, 3.63) is 50.6 Å². The molecule has 0 aliphatic carbocycles. The predicted molar refractivity (Wildman–Crippen MR) is 114 cm³/mol. The number of hydrogen-bond acceptors (Lipinski definition) is 4. The summed E-state index contributed by atoms with van der Waals surface area (Å²) in [7, 11) is 4.84. The van der Waals surface area contributed by atoms with Crippen molar-refractivity contribution in [2.24, 2.45) is 0 Å². The van der Waals surface area contributed by atoms with E-state index in [9.17, 15) is 4.79 Å². The van der Waals surface area contributed by atoms with Crippen molar-refractivity contribution in [3.8, 4) is 17.2 Å². The number of rotatable bonds is 7. The van der Waals surface area contributed by atoms with E-state index in [-0.39, 0.29) is 20.7 Å². The second kappa shape index (κ2) is 9.44. The van der Waals surface area contributed by atoms with E-state index in [0.717, 1.165) is 19.3 Å². The van der Waals surface area contributed by atoms with E-state index in [0.29, 0.717) is 22.6 Å². The van der Waals surface area contributed by atoms with Crippen LogP contribution in [-0.2, 0) is 0 Å². The van der Waals surface area contributed by atoms with Crippen LogP contribution < -0.4 is 18.7 Å². The molecule has 2 aromatic rings. The number of Topliss-reactive ketones (excluding diaryl/α,β-unsaturated/α-hetero) is 1. The van der Waals surface area contributed by atoms with Crippen molar-refractivity contribution in [2.45, 2.75) is 12.7 Å². The van der Waals surface area contributed by atoms with Gasteiger partial charge in [-0.2, -0.15) is 0 Å². The van der Waals surface area contributed by atoms with Crippen molar-refractivity contribution in [1.29, 1.82) is 0 Å². The average molecular weight is 531 g/mol. The molecule has 0 aliphatic heterocycles. The Balaban J connectivity index is 2.40. The number of carbonyl (C=O) groups is 1. The van der Waals surface area contributed by atoms with E-state index >= 15 is 0 Å². The van der Waals surface area contributed by atoms with E-state index in [1.807, 2.05) is 37.3 Å². The molecule has 0 atom stereocenters. The molecule has 0 aromatic heterocycles. The third-order valence-electron chi connectivity index (χ3n) is 3.84. The van der Waals surface area contributed by atoms with Gasteiger partial charge in [0, 0.05) is 0 Å². The normalized spacial score (nSPS) is 11.2. The molecule has 0 radical (unpaired) electrons. The van der Waals surface area contributed by atoms with E-state index in [1.165, 1.54) is 0 Å². The third-order valence-corrected chi connectivity index (χ3v) is 6.25. The fraction of sp³-hybridized carbons (Fsp3) is 0.250. The fourth-order valence-corrected chi connectivity index (χ4v) is 4.58. The number of allylic oxidation sites excluding steroid dienone is 1. The van der Waals surface area contributed by atoms with Crippen LogP contribution in [0.3, 0.4) is 0 Å². The van der Waals surface area contributed by atoms with E-state index < -0.39 is 0 Å². The van der Waals surface area contributed by atoms with E-state index in [4.69, 9.17) is 14.2 Å². The van der Waals surface area contributed by atoms with Crippen LogP contribution in [0.1, 0.15) is 22.8 Å². The van der Waals surface area contributed by atoms with Crippen LogP contribution in [-0.4, -0.2) is 42.1 Å². The van der Waals surface area contributed by atoms with E-state index in [2.05, 4.69) is 28.4 Å². The first-order valence-electron chi connectivity index (χ1n) is 7.81. The summed E-state index contributed by atoms with van der Waals surface area (Å²) in [5, 5.41) is 0. The molecule has 0 fully saturated rings. The molecule has 0 N–H and O–H groups in total. The van der Waals surface area contributed by atoms with Gasteiger partial charge >= 0.3 is 175 Å². The van der Waals surface area contributed by atoms with Crippen LogP contribution in [0.15, 0.2) is 35.9 Å². The summed E-state index contributed by atoms with van der Waals surface area (Å²) in [5.74, 6) is 4.17. The summed E-state index contributed by atoms with van der Waals surface area (Å²) in [6.45, 7) is 1.83. The quantitative estimate of drug-likeness (QED) is 0.235. The molecule has 0 heterocycles. The van der Waals surface area contributed by atoms with Gasteiger partial charge in [0.25, 0.3) is 0 Å². The first-order chi connectivity index (χ1) is 12.4. The Morgan fingerprint density at radius 2 is 1.73 bits per heavy atom. The summed E-state index contributed by atoms with van der Waals surface area (Å²) in [4.78, 5) is 12.9. The van der Waals surface area contributed by atoms with Crippen LogP contribution in [0.2, 0.25) is 5.82 Å². The molecule has 0 aliphatic rings. The number of benzene rings is 2. The second-order valence-electron chi connectivity index (χ2n) is 5.46. The molecule has 0 spiro atoms. The first-order valence-corrected chi connectivity index (χ1v) is 11.5. The summed E-state index contributed by atoms with van der Waals surface area (Å²) in [6.07, 6.45) is 1.89. The molecule has 0 saturated heterocycles. The van der Waals surface area contributed by atoms with Gasteiger partial charge in [-0.1, -0.05) is 0 Å². The van der Waals surface area contributed by atoms with Gasteiger partial charge in [0.05, 0.1) is 0 Å². The van der Waals surface area contributed by atoms with Crippen LogP contribution in [0.5, 0.6) is 17.2 Å². The first kappa shape index (κ1) is 20.8. The maximum atomic E-state index is 12.9. The number of methoxy groups -OCH3 is 3. The van der Waals surface area contributed by atoms with Crippen LogP contribution in [0.4, 0.5) is 0 Å². The van der Waals surface area contributed by atoms with Crippen LogP contribution in [0, 0.1) is 3.57 Å². The number of carbonyl (C=O) groups excluding carboxylic acids is 1. The van der Waals surface area contributed by atoms with Crippen LogP contribution >= 0.6 is 22.6 Å². The average Bonchev–Trinajstić information content (AvgIpc) is 2.66. The third kappa shape index (κ3) is 4.61. The summed E-state index contributed by atoms with van der Waals surface area (Å²) in [5.41, 5.74) is 2.23. The van der Waals surface area contributed by atoms with Crippen molar-refractivity contribution in [3.63, 3.8) is 0 Å². The predicted octanol–water partition coefficient (Wildman–Crippen LogP) is 3.98. The second-order valence-corrected chi connectivity index (χ2v) is 8.41. The van der Waals surface area contributed by atoms with Crippen molar-refractivity contribution in [2.75, 3.05) is 21.3 Å². The Labute approximate surface area is 174 Å². The molecule has 26 heavy (non-hydrogen) atoms. The molecular weight excluding hydrogens is 510 g/mol. The topological polar surface area (TPSA) is 44.8 Å². The number of halogens is 1.